The van der Waals surface area contributed by atoms with E-state index in [4.69, 9.17) is 5.73 Å². The van der Waals surface area contributed by atoms with Crippen LogP contribution in [0.4, 0.5) is 5.13 Å². The largest absolute Gasteiger partial charge is 0.375 e. The first-order valence-corrected chi connectivity index (χ1v) is 7.02. The smallest absolute Gasteiger partial charge is 0.273 e. The average Bonchev–Trinajstić information content (AvgIpc) is 2.83. The number of aromatic nitrogens is 1. The maximum atomic E-state index is 12.4. The topological polar surface area (TPSA) is 59.2 Å². The van der Waals surface area contributed by atoms with E-state index in [9.17, 15) is 4.79 Å². The molecule has 1 aromatic carbocycles. The maximum absolute atomic E-state index is 12.4. The first kappa shape index (κ1) is 13.5. The number of nitrogens with two attached hydrogens (primary N) is 1. The number of hydrogen-bond acceptors (Lipinski definition) is 4. The molecule has 0 saturated carbocycles. The lowest BCUT2D eigenvalue weighted by atomic mass is 10.2. The molecule has 5 heteroatoms. The van der Waals surface area contributed by atoms with Crippen LogP contribution in [0.5, 0.6) is 0 Å². The summed E-state index contributed by atoms with van der Waals surface area (Å²) in [6.45, 7) is 4.57. The third-order valence-electron chi connectivity index (χ3n) is 2.82. The minimum atomic E-state index is -0.0770. The number of thiazole rings is 1. The molecule has 2 aromatic rings. The van der Waals surface area contributed by atoms with Crippen molar-refractivity contribution in [3.05, 3.63) is 47.0 Å². The first-order chi connectivity index (χ1) is 9.08. The summed E-state index contributed by atoms with van der Waals surface area (Å²) in [6.07, 6.45) is 0. The zero-order chi connectivity index (χ0) is 13.8. The Morgan fingerprint density at radius 3 is 2.58 bits per heavy atom. The Morgan fingerprint density at radius 2 is 2.05 bits per heavy atom. The SMILES string of the molecule is CC(C)N(Cc1ccccc1)C(=O)c1csc(N)n1. The van der Waals surface area contributed by atoms with Crippen LogP contribution in [0.1, 0.15) is 29.9 Å². The van der Waals surface area contributed by atoms with Crippen molar-refractivity contribution in [3.63, 3.8) is 0 Å². The number of rotatable bonds is 4. The molecule has 0 aliphatic carbocycles. The Kier molecular flexibility index (Phi) is 4.16. The fraction of sp³-hybridized carbons (Fsp3) is 0.286. The number of anilines is 1. The van der Waals surface area contributed by atoms with Crippen molar-refractivity contribution in [1.82, 2.24) is 9.88 Å². The van der Waals surface area contributed by atoms with Crippen molar-refractivity contribution in [2.75, 3.05) is 5.73 Å². The molecule has 2 rings (SSSR count). The molecule has 0 saturated heterocycles. The highest BCUT2D eigenvalue weighted by molar-refractivity contribution is 7.13. The van der Waals surface area contributed by atoms with E-state index in [1.54, 1.807) is 10.3 Å². The maximum Gasteiger partial charge on any atom is 0.273 e. The fourth-order valence-corrected chi connectivity index (χ4v) is 2.34. The summed E-state index contributed by atoms with van der Waals surface area (Å²) >= 11 is 1.29. The van der Waals surface area contributed by atoms with Crippen LogP contribution >= 0.6 is 11.3 Å². The van der Waals surface area contributed by atoms with Crippen molar-refractivity contribution in [2.24, 2.45) is 0 Å². The van der Waals surface area contributed by atoms with Crippen LogP contribution < -0.4 is 5.73 Å². The molecule has 0 bridgehead atoms. The summed E-state index contributed by atoms with van der Waals surface area (Å²) in [5.74, 6) is -0.0770. The van der Waals surface area contributed by atoms with Crippen LogP contribution in [-0.4, -0.2) is 21.8 Å². The normalized spacial score (nSPS) is 10.7. The van der Waals surface area contributed by atoms with Crippen LogP contribution in [-0.2, 0) is 6.54 Å². The Hall–Kier alpha value is -1.88. The molecule has 100 valence electrons. The molecule has 0 aliphatic rings. The summed E-state index contributed by atoms with van der Waals surface area (Å²) in [5.41, 5.74) is 7.11. The second-order valence-corrected chi connectivity index (χ2v) is 5.47. The van der Waals surface area contributed by atoms with Gasteiger partial charge < -0.3 is 10.6 Å². The van der Waals surface area contributed by atoms with Crippen molar-refractivity contribution in [1.29, 1.82) is 0 Å². The first-order valence-electron chi connectivity index (χ1n) is 6.14. The molecule has 4 nitrogen and oxygen atoms in total. The number of carbonyl (C=O) groups excluding carboxylic acids is 1. The van der Waals surface area contributed by atoms with E-state index in [-0.39, 0.29) is 11.9 Å². The van der Waals surface area contributed by atoms with Gasteiger partial charge in [0.25, 0.3) is 5.91 Å². The number of nitrogens with zero attached hydrogens (tertiary/aromatic N) is 2. The van der Waals surface area contributed by atoms with E-state index in [0.29, 0.717) is 17.4 Å². The van der Waals surface area contributed by atoms with Gasteiger partial charge in [0.15, 0.2) is 5.13 Å². The molecule has 1 amide bonds. The van der Waals surface area contributed by atoms with Gasteiger partial charge in [-0.05, 0) is 19.4 Å². The molecule has 0 aliphatic heterocycles. The quantitative estimate of drug-likeness (QED) is 0.933. The Morgan fingerprint density at radius 1 is 1.37 bits per heavy atom. The van der Waals surface area contributed by atoms with Crippen molar-refractivity contribution < 1.29 is 4.79 Å². The molecule has 0 unspecified atom stereocenters. The van der Waals surface area contributed by atoms with Gasteiger partial charge >= 0.3 is 0 Å². The zero-order valence-corrected chi connectivity index (χ0v) is 11.9. The molecule has 0 atom stereocenters. The number of hydrogen-bond donors (Lipinski definition) is 1. The van der Waals surface area contributed by atoms with Crippen LogP contribution in [0.25, 0.3) is 0 Å². The predicted molar refractivity (Wildman–Crippen MR) is 78.0 cm³/mol. The zero-order valence-electron chi connectivity index (χ0n) is 11.0. The molecule has 2 N–H and O–H groups in total. The minimum absolute atomic E-state index is 0.0770. The van der Waals surface area contributed by atoms with Gasteiger partial charge in [-0.15, -0.1) is 11.3 Å². The van der Waals surface area contributed by atoms with Gasteiger partial charge in [0.05, 0.1) is 0 Å². The fourth-order valence-electron chi connectivity index (χ4n) is 1.80. The van der Waals surface area contributed by atoms with E-state index in [1.807, 2.05) is 44.2 Å². The lowest BCUT2D eigenvalue weighted by molar-refractivity contribution is 0.0685. The molecule has 1 heterocycles. The highest BCUT2D eigenvalue weighted by atomic mass is 32.1. The van der Waals surface area contributed by atoms with Gasteiger partial charge in [-0.3, -0.25) is 4.79 Å². The summed E-state index contributed by atoms with van der Waals surface area (Å²) < 4.78 is 0. The molecule has 19 heavy (non-hydrogen) atoms. The van der Waals surface area contributed by atoms with E-state index in [0.717, 1.165) is 5.56 Å². The molecular formula is C14H17N3OS. The number of carbonyl (C=O) groups is 1. The van der Waals surface area contributed by atoms with Crippen molar-refractivity contribution >= 4 is 22.4 Å². The Bertz CT molecular complexity index is 551. The second-order valence-electron chi connectivity index (χ2n) is 4.58. The van der Waals surface area contributed by atoms with Crippen LogP contribution in [0.3, 0.4) is 0 Å². The molecule has 0 spiro atoms. The number of nitrogen functional groups attached to an aromatic ring is 1. The monoisotopic (exact) mass is 275 g/mol. The van der Waals surface area contributed by atoms with Gasteiger partial charge in [-0.25, -0.2) is 4.98 Å². The lowest BCUT2D eigenvalue weighted by Crippen LogP contribution is -2.36. The van der Waals surface area contributed by atoms with E-state index >= 15 is 0 Å². The lowest BCUT2D eigenvalue weighted by Gasteiger charge is -2.26. The van der Waals surface area contributed by atoms with E-state index < -0.39 is 0 Å². The van der Waals surface area contributed by atoms with Gasteiger partial charge in [0, 0.05) is 18.0 Å². The second kappa shape index (κ2) is 5.84. The summed E-state index contributed by atoms with van der Waals surface area (Å²) in [6, 6.07) is 10.0. The Labute approximate surface area is 116 Å². The van der Waals surface area contributed by atoms with Crippen LogP contribution in [0.15, 0.2) is 35.7 Å². The predicted octanol–water partition coefficient (Wildman–Crippen LogP) is 2.78. The molecule has 0 fully saturated rings. The highest BCUT2D eigenvalue weighted by Gasteiger charge is 2.21. The van der Waals surface area contributed by atoms with Crippen molar-refractivity contribution in [2.45, 2.75) is 26.4 Å². The number of amides is 1. The van der Waals surface area contributed by atoms with E-state index in [2.05, 4.69) is 4.98 Å². The minimum Gasteiger partial charge on any atom is -0.375 e. The Balaban J connectivity index is 2.19. The average molecular weight is 275 g/mol. The third-order valence-corrected chi connectivity index (χ3v) is 3.49. The van der Waals surface area contributed by atoms with Gasteiger partial charge in [0.1, 0.15) is 5.69 Å². The molecule has 0 radical (unpaired) electrons. The van der Waals surface area contributed by atoms with Gasteiger partial charge in [-0.2, -0.15) is 0 Å². The molecular weight excluding hydrogens is 258 g/mol. The highest BCUT2D eigenvalue weighted by Crippen LogP contribution is 2.16. The summed E-state index contributed by atoms with van der Waals surface area (Å²) in [7, 11) is 0. The molecule has 1 aromatic heterocycles. The number of benzene rings is 1. The van der Waals surface area contributed by atoms with Crippen molar-refractivity contribution in [3.8, 4) is 0 Å². The standard InChI is InChI=1S/C14H17N3OS/c1-10(2)17(8-11-6-4-3-5-7-11)13(18)12-9-19-14(15)16-12/h3-7,9-10H,8H2,1-2H3,(H2,15,16). The van der Waals surface area contributed by atoms with Crippen LogP contribution in [0.2, 0.25) is 0 Å². The van der Waals surface area contributed by atoms with Gasteiger partial charge in [0.2, 0.25) is 0 Å². The van der Waals surface area contributed by atoms with Crippen LogP contribution in [0, 0.1) is 0 Å². The van der Waals surface area contributed by atoms with Gasteiger partial charge in [-0.1, -0.05) is 30.3 Å². The summed E-state index contributed by atoms with van der Waals surface area (Å²) in [5, 5.41) is 2.13. The van der Waals surface area contributed by atoms with E-state index in [1.165, 1.54) is 11.3 Å². The summed E-state index contributed by atoms with van der Waals surface area (Å²) in [4.78, 5) is 18.3. The third kappa shape index (κ3) is 3.32.